The van der Waals surface area contributed by atoms with Crippen LogP contribution < -0.4 is 11.4 Å². The largest absolute Gasteiger partial charge is 0.382 e. The van der Waals surface area contributed by atoms with Crippen LogP contribution in [0.25, 0.3) is 17.1 Å². The Balaban J connectivity index is 1.90. The molecule has 0 radical (unpaired) electrons. The van der Waals surface area contributed by atoms with Crippen LogP contribution in [0.1, 0.15) is 5.56 Å². The minimum absolute atomic E-state index is 0.212. The number of anilines is 1. The number of aromatic amines is 1. The van der Waals surface area contributed by atoms with Crippen molar-refractivity contribution in [3.8, 4) is 5.95 Å². The van der Waals surface area contributed by atoms with E-state index in [4.69, 9.17) is 5.73 Å². The number of benzene rings is 1. The highest BCUT2D eigenvalue weighted by molar-refractivity contribution is 5.82. The highest BCUT2D eigenvalue weighted by Gasteiger charge is 2.15. The molecule has 0 aliphatic rings. The molecule has 1 aromatic carbocycles. The van der Waals surface area contributed by atoms with Gasteiger partial charge in [-0.25, -0.2) is 9.48 Å². The van der Waals surface area contributed by atoms with Crippen LogP contribution in [-0.4, -0.2) is 29.3 Å². The van der Waals surface area contributed by atoms with E-state index in [0.29, 0.717) is 23.7 Å². The molecule has 4 aromatic rings. The number of hydrogen-bond donors (Lipinski definition) is 2. The first-order valence-corrected chi connectivity index (χ1v) is 7.02. The molecule has 0 saturated carbocycles. The van der Waals surface area contributed by atoms with E-state index in [2.05, 4.69) is 20.1 Å². The van der Waals surface area contributed by atoms with Gasteiger partial charge < -0.3 is 10.7 Å². The number of H-pyrrole nitrogens is 1. The zero-order valence-corrected chi connectivity index (χ0v) is 12.0. The maximum absolute atomic E-state index is 12.3. The number of aromatic nitrogens is 6. The maximum Gasteiger partial charge on any atom is 0.328 e. The molecule has 0 atom stereocenters. The number of nitrogens with one attached hydrogen (secondary N) is 1. The number of nitrogens with two attached hydrogens (primary N) is 1. The van der Waals surface area contributed by atoms with Crippen molar-refractivity contribution in [3.05, 3.63) is 64.8 Å². The summed E-state index contributed by atoms with van der Waals surface area (Å²) in [5.41, 5.74) is 7.57. The third-order valence-corrected chi connectivity index (χ3v) is 3.53. The van der Waals surface area contributed by atoms with Gasteiger partial charge in [0.2, 0.25) is 0 Å². The van der Waals surface area contributed by atoms with Crippen molar-refractivity contribution in [1.29, 1.82) is 0 Å². The van der Waals surface area contributed by atoms with Crippen LogP contribution in [0.3, 0.4) is 0 Å². The molecule has 8 nitrogen and oxygen atoms in total. The Bertz CT molecular complexity index is 1020. The molecular formula is C15H13N7O. The van der Waals surface area contributed by atoms with Crippen molar-refractivity contribution < 1.29 is 0 Å². The van der Waals surface area contributed by atoms with E-state index < -0.39 is 0 Å². The Morgan fingerprint density at radius 1 is 1.13 bits per heavy atom. The van der Waals surface area contributed by atoms with Crippen molar-refractivity contribution in [2.24, 2.45) is 0 Å². The second-order valence-electron chi connectivity index (χ2n) is 5.06. The number of fused-ring (bicyclic) bond motifs is 1. The zero-order chi connectivity index (χ0) is 15.8. The molecular weight excluding hydrogens is 294 g/mol. The van der Waals surface area contributed by atoms with Gasteiger partial charge in [0.1, 0.15) is 5.52 Å². The van der Waals surface area contributed by atoms with Gasteiger partial charge in [-0.15, -0.1) is 0 Å². The molecule has 3 N–H and O–H groups in total. The summed E-state index contributed by atoms with van der Waals surface area (Å²) < 4.78 is 3.04. The van der Waals surface area contributed by atoms with Crippen LogP contribution >= 0.6 is 0 Å². The van der Waals surface area contributed by atoms with Gasteiger partial charge in [0.25, 0.3) is 5.95 Å². The predicted molar refractivity (Wildman–Crippen MR) is 85.2 cm³/mol. The van der Waals surface area contributed by atoms with Gasteiger partial charge in [-0.05, 0) is 11.6 Å². The minimum atomic E-state index is -0.275. The topological polar surface area (TPSA) is 107 Å². The van der Waals surface area contributed by atoms with E-state index in [1.807, 2.05) is 30.3 Å². The van der Waals surface area contributed by atoms with Crippen LogP contribution in [0.5, 0.6) is 0 Å². The van der Waals surface area contributed by atoms with E-state index in [1.165, 1.54) is 9.25 Å². The fourth-order valence-corrected chi connectivity index (χ4v) is 2.44. The summed E-state index contributed by atoms with van der Waals surface area (Å²) >= 11 is 0. The molecule has 4 rings (SSSR count). The van der Waals surface area contributed by atoms with E-state index in [0.717, 1.165) is 5.56 Å². The van der Waals surface area contributed by atoms with E-state index >= 15 is 0 Å². The second kappa shape index (κ2) is 5.09. The quantitative estimate of drug-likeness (QED) is 0.585. The lowest BCUT2D eigenvalue weighted by Gasteiger charge is -2.05. The molecule has 0 spiro atoms. The van der Waals surface area contributed by atoms with Crippen molar-refractivity contribution >= 4 is 17.0 Å². The summed E-state index contributed by atoms with van der Waals surface area (Å²) in [7, 11) is 0. The molecule has 0 fully saturated rings. The number of imidazole rings is 1. The third-order valence-electron chi connectivity index (χ3n) is 3.53. The highest BCUT2D eigenvalue weighted by Crippen LogP contribution is 2.16. The van der Waals surface area contributed by atoms with Gasteiger partial charge in [0.05, 0.1) is 6.54 Å². The third kappa shape index (κ3) is 2.26. The lowest BCUT2D eigenvalue weighted by Crippen LogP contribution is -2.18. The van der Waals surface area contributed by atoms with Gasteiger partial charge in [-0.2, -0.15) is 15.1 Å². The average molecular weight is 307 g/mol. The molecule has 8 heteroatoms. The number of nitrogen functional groups attached to an aromatic ring is 1. The molecule has 3 aromatic heterocycles. The SMILES string of the molecule is Nc1nc(-n2cccn2)nc2c1[nH]c(=O)n2Cc1ccccc1. The zero-order valence-electron chi connectivity index (χ0n) is 12.0. The highest BCUT2D eigenvalue weighted by atomic mass is 16.1. The summed E-state index contributed by atoms with van der Waals surface area (Å²) in [5, 5.41) is 4.09. The lowest BCUT2D eigenvalue weighted by atomic mass is 10.2. The molecule has 23 heavy (non-hydrogen) atoms. The Morgan fingerprint density at radius 3 is 2.70 bits per heavy atom. The monoisotopic (exact) mass is 307 g/mol. The normalized spacial score (nSPS) is 11.1. The van der Waals surface area contributed by atoms with Gasteiger partial charge in [-0.3, -0.25) is 4.57 Å². The molecule has 0 aliphatic carbocycles. The Labute approximate surface area is 130 Å². The summed E-state index contributed by atoms with van der Waals surface area (Å²) in [6, 6.07) is 11.4. The molecule has 114 valence electrons. The van der Waals surface area contributed by atoms with E-state index in [1.54, 1.807) is 18.5 Å². The first-order valence-electron chi connectivity index (χ1n) is 7.02. The fraction of sp³-hybridized carbons (Fsp3) is 0.0667. The molecule has 0 saturated heterocycles. The summed E-state index contributed by atoms with van der Waals surface area (Å²) in [4.78, 5) is 23.6. The second-order valence-corrected chi connectivity index (χ2v) is 5.06. The fourth-order valence-electron chi connectivity index (χ4n) is 2.44. The Morgan fingerprint density at radius 2 is 1.96 bits per heavy atom. The molecule has 0 bridgehead atoms. The first-order chi connectivity index (χ1) is 11.2. The Hall–Kier alpha value is -3.42. The first kappa shape index (κ1) is 13.3. The molecule has 0 unspecified atom stereocenters. The van der Waals surface area contributed by atoms with Crippen LogP contribution in [0.2, 0.25) is 0 Å². The average Bonchev–Trinajstić information content (AvgIpc) is 3.19. The van der Waals surface area contributed by atoms with Gasteiger partial charge >= 0.3 is 5.69 Å². The lowest BCUT2D eigenvalue weighted by molar-refractivity contribution is 0.765. The van der Waals surface area contributed by atoms with Gasteiger partial charge in [0, 0.05) is 12.4 Å². The van der Waals surface area contributed by atoms with Crippen LogP contribution in [0.15, 0.2) is 53.6 Å². The van der Waals surface area contributed by atoms with Crippen molar-refractivity contribution in [3.63, 3.8) is 0 Å². The summed E-state index contributed by atoms with van der Waals surface area (Å²) in [5.74, 6) is 0.533. The van der Waals surface area contributed by atoms with Crippen LogP contribution in [-0.2, 0) is 6.54 Å². The summed E-state index contributed by atoms with van der Waals surface area (Å²) in [6.07, 6.45) is 3.34. The smallest absolute Gasteiger partial charge is 0.328 e. The van der Waals surface area contributed by atoms with Gasteiger partial charge in [0.15, 0.2) is 11.5 Å². The van der Waals surface area contributed by atoms with Crippen molar-refractivity contribution in [1.82, 2.24) is 29.3 Å². The van der Waals surface area contributed by atoms with Crippen molar-refractivity contribution in [2.45, 2.75) is 6.54 Å². The molecule has 3 heterocycles. The number of hydrogen-bond acceptors (Lipinski definition) is 5. The maximum atomic E-state index is 12.3. The molecule has 0 aliphatic heterocycles. The predicted octanol–water partition coefficient (Wildman–Crippen LogP) is 0.936. The van der Waals surface area contributed by atoms with Crippen LogP contribution in [0.4, 0.5) is 5.82 Å². The van der Waals surface area contributed by atoms with E-state index in [9.17, 15) is 4.79 Å². The van der Waals surface area contributed by atoms with E-state index in [-0.39, 0.29) is 11.5 Å². The number of rotatable bonds is 3. The van der Waals surface area contributed by atoms with Gasteiger partial charge in [-0.1, -0.05) is 30.3 Å². The van der Waals surface area contributed by atoms with Crippen molar-refractivity contribution in [2.75, 3.05) is 5.73 Å². The Kier molecular flexibility index (Phi) is 2.94. The number of nitrogens with zero attached hydrogens (tertiary/aromatic N) is 5. The van der Waals surface area contributed by atoms with Crippen LogP contribution in [0, 0.1) is 0 Å². The minimum Gasteiger partial charge on any atom is -0.382 e. The molecule has 0 amide bonds. The standard InChI is InChI=1S/C15H13N7O/c16-12-11-13(20-14(19-12)22-8-4-7-17-22)21(15(23)18-11)9-10-5-2-1-3-6-10/h1-8H,9H2,(H,18,23)(H2,16,19,20). The summed E-state index contributed by atoms with van der Waals surface area (Å²) in [6.45, 7) is 0.397.